The molecule has 0 aromatic carbocycles. The Kier molecular flexibility index (Phi) is 4.27. The van der Waals surface area contributed by atoms with Crippen molar-refractivity contribution in [3.63, 3.8) is 0 Å². The molecule has 0 saturated heterocycles. The van der Waals surface area contributed by atoms with Gasteiger partial charge in [0.25, 0.3) is 0 Å². The van der Waals surface area contributed by atoms with Crippen LogP contribution in [-0.4, -0.2) is 30.2 Å². The number of rotatable bonds is 3. The third-order valence-electron chi connectivity index (χ3n) is 3.49. The fourth-order valence-electron chi connectivity index (χ4n) is 2.44. The summed E-state index contributed by atoms with van der Waals surface area (Å²) in [7, 11) is 0. The molecule has 0 bridgehead atoms. The van der Waals surface area contributed by atoms with Crippen LogP contribution in [0.1, 0.15) is 43.8 Å². The molecule has 0 unspecified atom stereocenters. The predicted octanol–water partition coefficient (Wildman–Crippen LogP) is 3.14. The lowest BCUT2D eigenvalue weighted by molar-refractivity contribution is -0.141. The van der Waals surface area contributed by atoms with Crippen LogP contribution in [0.2, 0.25) is 0 Å². The van der Waals surface area contributed by atoms with Gasteiger partial charge >= 0.3 is 6.18 Å². The van der Waals surface area contributed by atoms with Gasteiger partial charge in [0.1, 0.15) is 5.69 Å². The number of tetrazole rings is 1. The molecule has 3 rings (SSSR count). The zero-order chi connectivity index (χ0) is 15.6. The van der Waals surface area contributed by atoms with Crippen LogP contribution >= 0.6 is 11.8 Å². The van der Waals surface area contributed by atoms with Crippen molar-refractivity contribution >= 4 is 11.8 Å². The summed E-state index contributed by atoms with van der Waals surface area (Å²) in [4.78, 5) is 7.38. The SMILES string of the molecule is FC(F)(F)c1ccnc(Sc2nnnn2C2CCCCC2)n1. The molecule has 1 fully saturated rings. The van der Waals surface area contributed by atoms with Crippen LogP contribution < -0.4 is 0 Å². The summed E-state index contributed by atoms with van der Waals surface area (Å²) >= 11 is 0.949. The summed E-state index contributed by atoms with van der Waals surface area (Å²) in [5, 5.41) is 11.9. The quantitative estimate of drug-likeness (QED) is 0.805. The standard InChI is InChI=1S/C12H13F3N6S/c13-12(14,15)9-6-7-16-10(17-9)22-11-18-19-20-21(11)8-4-2-1-3-5-8/h6-8H,1-5H2. The van der Waals surface area contributed by atoms with Crippen LogP contribution in [0.15, 0.2) is 22.6 Å². The molecule has 0 atom stereocenters. The molecule has 22 heavy (non-hydrogen) atoms. The zero-order valence-corrected chi connectivity index (χ0v) is 12.3. The number of hydrogen-bond acceptors (Lipinski definition) is 6. The number of halogens is 3. The first-order chi connectivity index (χ1) is 10.5. The summed E-state index contributed by atoms with van der Waals surface area (Å²) < 4.78 is 39.7. The van der Waals surface area contributed by atoms with E-state index in [1.165, 1.54) is 6.42 Å². The second-order valence-electron chi connectivity index (χ2n) is 5.02. The third kappa shape index (κ3) is 3.37. The Labute approximate surface area is 128 Å². The average molecular weight is 330 g/mol. The Morgan fingerprint density at radius 3 is 2.68 bits per heavy atom. The van der Waals surface area contributed by atoms with E-state index in [4.69, 9.17) is 0 Å². The van der Waals surface area contributed by atoms with Gasteiger partial charge in [-0.15, -0.1) is 5.10 Å². The van der Waals surface area contributed by atoms with E-state index in [2.05, 4.69) is 25.5 Å². The second kappa shape index (κ2) is 6.19. The number of alkyl halides is 3. The minimum Gasteiger partial charge on any atom is -0.231 e. The maximum absolute atomic E-state index is 12.7. The molecule has 6 nitrogen and oxygen atoms in total. The van der Waals surface area contributed by atoms with E-state index in [9.17, 15) is 13.2 Å². The fourth-order valence-corrected chi connectivity index (χ4v) is 3.21. The van der Waals surface area contributed by atoms with E-state index >= 15 is 0 Å². The molecule has 118 valence electrons. The number of aromatic nitrogens is 6. The molecule has 0 aliphatic heterocycles. The number of nitrogens with zero attached hydrogens (tertiary/aromatic N) is 6. The largest absolute Gasteiger partial charge is 0.433 e. The normalized spacial score (nSPS) is 16.9. The van der Waals surface area contributed by atoms with Gasteiger partial charge in [-0.3, -0.25) is 0 Å². The summed E-state index contributed by atoms with van der Waals surface area (Å²) in [5.41, 5.74) is -0.971. The van der Waals surface area contributed by atoms with Crippen LogP contribution in [0.5, 0.6) is 0 Å². The smallest absolute Gasteiger partial charge is 0.231 e. The maximum Gasteiger partial charge on any atom is 0.433 e. The molecule has 0 N–H and O–H groups in total. The highest BCUT2D eigenvalue weighted by Gasteiger charge is 2.33. The van der Waals surface area contributed by atoms with Crippen molar-refractivity contribution < 1.29 is 13.2 Å². The van der Waals surface area contributed by atoms with E-state index in [1.807, 2.05) is 0 Å². The van der Waals surface area contributed by atoms with Gasteiger partial charge < -0.3 is 0 Å². The van der Waals surface area contributed by atoms with Crippen molar-refractivity contribution in [1.29, 1.82) is 0 Å². The highest BCUT2D eigenvalue weighted by molar-refractivity contribution is 7.99. The lowest BCUT2D eigenvalue weighted by Gasteiger charge is -2.21. The summed E-state index contributed by atoms with van der Waals surface area (Å²) in [6.45, 7) is 0. The van der Waals surface area contributed by atoms with Crippen LogP contribution in [0.4, 0.5) is 13.2 Å². The lowest BCUT2D eigenvalue weighted by Crippen LogP contribution is -2.15. The van der Waals surface area contributed by atoms with Crippen molar-refractivity contribution in [3.8, 4) is 0 Å². The summed E-state index contributed by atoms with van der Waals surface area (Å²) in [6.07, 6.45) is 1.95. The van der Waals surface area contributed by atoms with Gasteiger partial charge in [0.05, 0.1) is 6.04 Å². The van der Waals surface area contributed by atoms with Crippen LogP contribution in [0.3, 0.4) is 0 Å². The highest BCUT2D eigenvalue weighted by Crippen LogP contribution is 2.33. The average Bonchev–Trinajstić information content (AvgIpc) is 2.96. The summed E-state index contributed by atoms with van der Waals surface area (Å²) in [6, 6.07) is 1.03. The monoisotopic (exact) mass is 330 g/mol. The van der Waals surface area contributed by atoms with Crippen LogP contribution in [0.25, 0.3) is 0 Å². The van der Waals surface area contributed by atoms with E-state index < -0.39 is 11.9 Å². The van der Waals surface area contributed by atoms with Gasteiger partial charge in [-0.2, -0.15) is 13.2 Å². The van der Waals surface area contributed by atoms with Crippen LogP contribution in [-0.2, 0) is 6.18 Å². The lowest BCUT2D eigenvalue weighted by atomic mass is 9.96. The van der Waals surface area contributed by atoms with Gasteiger partial charge in [0.2, 0.25) is 5.16 Å². The molecule has 0 spiro atoms. The Hall–Kier alpha value is -1.71. The Morgan fingerprint density at radius 1 is 1.18 bits per heavy atom. The van der Waals surface area contributed by atoms with E-state index in [-0.39, 0.29) is 11.2 Å². The van der Waals surface area contributed by atoms with E-state index in [1.54, 1.807) is 4.68 Å². The molecule has 2 aromatic rings. The van der Waals surface area contributed by atoms with Crippen molar-refractivity contribution in [3.05, 3.63) is 18.0 Å². The van der Waals surface area contributed by atoms with Gasteiger partial charge in [-0.05, 0) is 41.1 Å². The first-order valence-corrected chi connectivity index (χ1v) is 7.71. The first-order valence-electron chi connectivity index (χ1n) is 6.90. The molecule has 1 aliphatic carbocycles. The summed E-state index contributed by atoms with van der Waals surface area (Å²) in [5.74, 6) is 0. The Bertz CT molecular complexity index is 638. The Balaban J connectivity index is 1.81. The molecule has 0 radical (unpaired) electrons. The van der Waals surface area contributed by atoms with Crippen LogP contribution in [0, 0.1) is 0 Å². The minimum atomic E-state index is -4.49. The van der Waals surface area contributed by atoms with Crippen molar-refractivity contribution in [2.24, 2.45) is 0 Å². The van der Waals surface area contributed by atoms with E-state index in [0.717, 1.165) is 49.7 Å². The zero-order valence-electron chi connectivity index (χ0n) is 11.5. The number of hydrogen-bond donors (Lipinski definition) is 0. The van der Waals surface area contributed by atoms with Gasteiger partial charge in [0.15, 0.2) is 5.16 Å². The Morgan fingerprint density at radius 2 is 1.95 bits per heavy atom. The third-order valence-corrected chi connectivity index (χ3v) is 4.32. The molecule has 0 amide bonds. The van der Waals surface area contributed by atoms with Crippen molar-refractivity contribution in [1.82, 2.24) is 30.2 Å². The van der Waals surface area contributed by atoms with Gasteiger partial charge in [0, 0.05) is 6.20 Å². The van der Waals surface area contributed by atoms with Gasteiger partial charge in [-0.25, -0.2) is 14.6 Å². The second-order valence-corrected chi connectivity index (χ2v) is 5.96. The molecular weight excluding hydrogens is 317 g/mol. The molecule has 1 saturated carbocycles. The maximum atomic E-state index is 12.7. The fraction of sp³-hybridized carbons (Fsp3) is 0.583. The van der Waals surface area contributed by atoms with Crippen molar-refractivity contribution in [2.45, 2.75) is 54.6 Å². The highest BCUT2D eigenvalue weighted by atomic mass is 32.2. The first kappa shape index (κ1) is 15.2. The predicted molar refractivity (Wildman–Crippen MR) is 71.1 cm³/mol. The molecular formula is C12H13F3N6S. The van der Waals surface area contributed by atoms with Crippen molar-refractivity contribution in [2.75, 3.05) is 0 Å². The molecule has 10 heteroatoms. The molecule has 1 aliphatic rings. The minimum absolute atomic E-state index is 0.0123. The topological polar surface area (TPSA) is 69.4 Å². The van der Waals surface area contributed by atoms with E-state index in [0.29, 0.717) is 5.16 Å². The molecule has 2 aromatic heterocycles. The molecule has 2 heterocycles. The van der Waals surface area contributed by atoms with Gasteiger partial charge in [-0.1, -0.05) is 19.3 Å².